The van der Waals surface area contributed by atoms with Gasteiger partial charge in [-0.25, -0.2) is 0 Å². The van der Waals surface area contributed by atoms with Gasteiger partial charge in [-0.3, -0.25) is 9.35 Å². The second kappa shape index (κ2) is 32.3. The summed E-state index contributed by atoms with van der Waals surface area (Å²) >= 11 is 0. The number of nitrogens with one attached hydrogen (secondary N) is 1. The number of hydrogen-bond acceptors (Lipinski definition) is 5. The number of aliphatic hydroxyl groups is 2. The van der Waals surface area contributed by atoms with Gasteiger partial charge in [-0.15, -0.1) is 0 Å². The van der Waals surface area contributed by atoms with Crippen LogP contribution in [0.25, 0.3) is 0 Å². The van der Waals surface area contributed by atoms with E-state index in [4.69, 9.17) is 0 Å². The highest BCUT2D eigenvalue weighted by Gasteiger charge is 2.27. The van der Waals surface area contributed by atoms with Crippen LogP contribution in [0.15, 0.2) is 24.3 Å². The van der Waals surface area contributed by atoms with Crippen molar-refractivity contribution in [2.24, 2.45) is 0 Å². The third kappa shape index (κ3) is 31.4. The smallest absolute Gasteiger partial charge is 0.267 e. The molecule has 0 bridgehead atoms. The molecule has 0 saturated carbocycles. The van der Waals surface area contributed by atoms with Crippen LogP contribution in [0.2, 0.25) is 0 Å². The van der Waals surface area contributed by atoms with Gasteiger partial charge in [-0.1, -0.05) is 179 Å². The van der Waals surface area contributed by atoms with Gasteiger partial charge in [-0.05, 0) is 32.1 Å². The molecule has 0 aliphatic carbocycles. The lowest BCUT2D eigenvalue weighted by Crippen LogP contribution is -2.50. The van der Waals surface area contributed by atoms with Crippen LogP contribution in [0.3, 0.4) is 0 Å². The molecule has 0 fully saturated rings. The van der Waals surface area contributed by atoms with Crippen LogP contribution in [0.4, 0.5) is 0 Å². The number of unbranched alkanes of at least 4 members (excludes halogenated alkanes) is 23. The predicted octanol–water partition coefficient (Wildman–Crippen LogP) is 9.77. The lowest BCUT2D eigenvalue weighted by molar-refractivity contribution is -0.130. The quantitative estimate of drug-likeness (QED) is 0.0307. The molecule has 0 aliphatic rings. The van der Waals surface area contributed by atoms with E-state index < -0.39 is 40.0 Å². The maximum absolute atomic E-state index is 12.5. The van der Waals surface area contributed by atoms with E-state index in [0.29, 0.717) is 12.8 Å². The molecule has 0 aromatic rings. The molecular weight excluding hydrogens is 598 g/mol. The molecule has 4 N–H and O–H groups in total. The highest BCUT2D eigenvalue weighted by molar-refractivity contribution is 7.85. The fraction of sp³-hybridized carbons (Fsp3) is 0.868. The van der Waals surface area contributed by atoms with Crippen molar-refractivity contribution in [3.63, 3.8) is 0 Å². The Labute approximate surface area is 284 Å². The topological polar surface area (TPSA) is 124 Å². The van der Waals surface area contributed by atoms with Crippen LogP contribution in [0, 0.1) is 0 Å². The molecule has 0 radical (unpaired) electrons. The second-order valence-corrected chi connectivity index (χ2v) is 14.8. The maximum atomic E-state index is 12.5. The average Bonchev–Trinajstić information content (AvgIpc) is 3.01. The predicted molar refractivity (Wildman–Crippen MR) is 195 cm³/mol. The van der Waals surface area contributed by atoms with Gasteiger partial charge in [0.1, 0.15) is 6.10 Å². The standard InChI is InChI=1S/C38H73NO6S/c1-3-5-7-9-11-13-14-15-16-17-18-19-20-21-22-23-25-27-29-31-33-37(41)38(42)39-35(34-46(43,44)45)36(40)32-30-28-26-24-12-10-8-6-4-2/h12,24,30,32,35-37,40-41H,3-11,13-23,25-29,31,33-34H2,1-2H3,(H,39,42)(H,43,44,45)/b24-12+,32-30+. The van der Waals surface area contributed by atoms with Gasteiger partial charge >= 0.3 is 0 Å². The molecule has 7 nitrogen and oxygen atoms in total. The third-order valence-corrected chi connectivity index (χ3v) is 9.52. The Kier molecular flexibility index (Phi) is 31.5. The first kappa shape index (κ1) is 44.8. The summed E-state index contributed by atoms with van der Waals surface area (Å²) in [4.78, 5) is 12.5. The summed E-state index contributed by atoms with van der Waals surface area (Å²) in [6, 6.07) is -1.24. The summed E-state index contributed by atoms with van der Waals surface area (Å²) in [6.07, 6.45) is 36.9. The van der Waals surface area contributed by atoms with E-state index in [-0.39, 0.29) is 6.42 Å². The first-order valence-corrected chi connectivity index (χ1v) is 20.8. The van der Waals surface area contributed by atoms with E-state index in [9.17, 15) is 28.0 Å². The Bertz CT molecular complexity index is 844. The van der Waals surface area contributed by atoms with E-state index in [1.54, 1.807) is 6.08 Å². The number of rotatable bonds is 34. The minimum absolute atomic E-state index is 0.278. The van der Waals surface area contributed by atoms with Gasteiger partial charge in [0, 0.05) is 0 Å². The number of carbonyl (C=O) groups is 1. The minimum Gasteiger partial charge on any atom is -0.387 e. The lowest BCUT2D eigenvalue weighted by Gasteiger charge is -2.22. The zero-order valence-electron chi connectivity index (χ0n) is 29.8. The summed E-state index contributed by atoms with van der Waals surface area (Å²) < 4.78 is 32.3. The maximum Gasteiger partial charge on any atom is 0.267 e. The van der Waals surface area contributed by atoms with Crippen LogP contribution in [-0.4, -0.2) is 53.1 Å². The Morgan fingerprint density at radius 1 is 0.587 bits per heavy atom. The molecule has 272 valence electrons. The fourth-order valence-corrected chi connectivity index (χ4v) is 6.50. The zero-order valence-corrected chi connectivity index (χ0v) is 30.6. The van der Waals surface area contributed by atoms with Gasteiger partial charge in [-0.2, -0.15) is 8.42 Å². The summed E-state index contributed by atoms with van der Waals surface area (Å²) in [7, 11) is -4.44. The first-order chi connectivity index (χ1) is 22.2. The number of amides is 1. The van der Waals surface area contributed by atoms with Crippen LogP contribution in [0.1, 0.15) is 187 Å². The average molecular weight is 672 g/mol. The SMILES string of the molecule is CCCCC/C=C/CC/C=C/C(O)C(CS(=O)(=O)O)NC(=O)C(O)CCCCCCCCCCCCCCCCCCCCCC. The Hall–Kier alpha value is -1.22. The summed E-state index contributed by atoms with van der Waals surface area (Å²) in [5, 5.41) is 23.2. The largest absolute Gasteiger partial charge is 0.387 e. The molecule has 0 heterocycles. The van der Waals surface area contributed by atoms with Crippen LogP contribution < -0.4 is 5.32 Å². The summed E-state index contributed by atoms with van der Waals surface area (Å²) in [5.74, 6) is -1.55. The van der Waals surface area contributed by atoms with Gasteiger partial charge in [0.2, 0.25) is 5.91 Å². The minimum atomic E-state index is -4.44. The van der Waals surface area contributed by atoms with Crippen molar-refractivity contribution < 1.29 is 28.0 Å². The monoisotopic (exact) mass is 672 g/mol. The molecule has 46 heavy (non-hydrogen) atoms. The summed E-state index contributed by atoms with van der Waals surface area (Å²) in [5.41, 5.74) is 0. The molecule has 0 rings (SSSR count). The summed E-state index contributed by atoms with van der Waals surface area (Å²) in [6.45, 7) is 4.44. The van der Waals surface area contributed by atoms with E-state index >= 15 is 0 Å². The van der Waals surface area contributed by atoms with Gasteiger partial charge in [0.15, 0.2) is 0 Å². The van der Waals surface area contributed by atoms with E-state index in [0.717, 1.165) is 32.1 Å². The molecule has 3 atom stereocenters. The molecule has 3 unspecified atom stereocenters. The second-order valence-electron chi connectivity index (χ2n) is 13.3. The van der Waals surface area contributed by atoms with Crippen molar-refractivity contribution in [1.29, 1.82) is 0 Å². The lowest BCUT2D eigenvalue weighted by atomic mass is 10.0. The van der Waals surface area contributed by atoms with Crippen molar-refractivity contribution in [3.8, 4) is 0 Å². The zero-order chi connectivity index (χ0) is 34.1. The number of carbonyl (C=O) groups excluding carboxylic acids is 1. The van der Waals surface area contributed by atoms with Crippen molar-refractivity contribution in [1.82, 2.24) is 5.32 Å². The van der Waals surface area contributed by atoms with Crippen LogP contribution in [-0.2, 0) is 14.9 Å². The third-order valence-electron chi connectivity index (χ3n) is 8.74. The first-order valence-electron chi connectivity index (χ1n) is 19.1. The highest BCUT2D eigenvalue weighted by Crippen LogP contribution is 2.15. The van der Waals surface area contributed by atoms with E-state index in [1.165, 1.54) is 128 Å². The molecule has 0 saturated heterocycles. The number of hydrogen-bond donors (Lipinski definition) is 4. The van der Waals surface area contributed by atoms with Crippen molar-refractivity contribution in [2.45, 2.75) is 205 Å². The highest BCUT2D eigenvalue weighted by atomic mass is 32.2. The Morgan fingerprint density at radius 2 is 0.978 bits per heavy atom. The molecule has 0 aromatic carbocycles. The molecule has 8 heteroatoms. The van der Waals surface area contributed by atoms with Crippen molar-refractivity contribution in [2.75, 3.05) is 5.75 Å². The van der Waals surface area contributed by atoms with E-state index in [1.807, 2.05) is 0 Å². The van der Waals surface area contributed by atoms with E-state index in [2.05, 4.69) is 31.3 Å². The van der Waals surface area contributed by atoms with Crippen molar-refractivity contribution in [3.05, 3.63) is 24.3 Å². The fourth-order valence-electron chi connectivity index (χ4n) is 5.77. The Morgan fingerprint density at radius 3 is 1.43 bits per heavy atom. The molecule has 1 amide bonds. The van der Waals surface area contributed by atoms with Gasteiger partial charge < -0.3 is 15.5 Å². The van der Waals surface area contributed by atoms with Gasteiger partial charge in [0.25, 0.3) is 10.1 Å². The Balaban J connectivity index is 3.95. The molecule has 0 spiro atoms. The molecule has 0 aliphatic heterocycles. The normalized spacial score (nSPS) is 14.3. The van der Waals surface area contributed by atoms with Gasteiger partial charge in [0.05, 0.1) is 17.9 Å². The van der Waals surface area contributed by atoms with Crippen LogP contribution in [0.5, 0.6) is 0 Å². The van der Waals surface area contributed by atoms with Crippen LogP contribution >= 0.6 is 0 Å². The number of aliphatic hydroxyl groups excluding tert-OH is 2. The van der Waals surface area contributed by atoms with Crippen molar-refractivity contribution >= 4 is 16.0 Å². The molecule has 0 aromatic heterocycles. The number of allylic oxidation sites excluding steroid dienone is 3. The molecular formula is C38H73NO6S.